The summed E-state index contributed by atoms with van der Waals surface area (Å²) in [5.74, 6) is -5.51. The van der Waals surface area contributed by atoms with Gasteiger partial charge in [0.05, 0.1) is 4.92 Å². The Labute approximate surface area is 110 Å². The highest BCUT2D eigenvalue weighted by atomic mass is 19.3. The first-order chi connectivity index (χ1) is 9.15. The molecule has 0 aliphatic carbocycles. The molecule has 0 unspecified atom stereocenters. The molecule has 110 valence electrons. The van der Waals surface area contributed by atoms with Crippen LogP contribution in [0.5, 0.6) is 5.75 Å². The summed E-state index contributed by atoms with van der Waals surface area (Å²) < 4.78 is 53.6. The fourth-order valence-electron chi connectivity index (χ4n) is 1.24. The maximum Gasteiger partial charge on any atom is 0.340 e. The molecule has 0 amide bonds. The summed E-state index contributed by atoms with van der Waals surface area (Å²) in [4.78, 5) is 20.8. The Morgan fingerprint density at radius 2 is 2.05 bits per heavy atom. The Bertz CT molecular complexity index is 533. The molecule has 0 radical (unpaired) electrons. The van der Waals surface area contributed by atoms with E-state index in [0.717, 1.165) is 25.1 Å². The van der Waals surface area contributed by atoms with Gasteiger partial charge in [-0.2, -0.15) is 8.78 Å². The van der Waals surface area contributed by atoms with Crippen molar-refractivity contribution in [2.24, 2.45) is 0 Å². The number of ether oxygens (including phenoxy) is 1. The SMILES string of the molecule is CC(=O)c1ccc(OCC(F)(F)C(F)F)c([N+](=O)[O-])c1. The van der Waals surface area contributed by atoms with Crippen molar-refractivity contribution in [2.75, 3.05) is 6.61 Å². The summed E-state index contributed by atoms with van der Waals surface area (Å²) in [5.41, 5.74) is -0.771. The van der Waals surface area contributed by atoms with Crippen LogP contribution in [0.15, 0.2) is 18.2 Å². The fraction of sp³-hybridized carbons (Fsp3) is 0.364. The molecule has 0 spiro atoms. The first-order valence-corrected chi connectivity index (χ1v) is 5.23. The maximum atomic E-state index is 12.7. The van der Waals surface area contributed by atoms with Gasteiger partial charge in [-0.1, -0.05) is 0 Å². The van der Waals surface area contributed by atoms with Crippen LogP contribution in [-0.2, 0) is 0 Å². The van der Waals surface area contributed by atoms with Crippen molar-refractivity contribution in [3.8, 4) is 5.75 Å². The third kappa shape index (κ3) is 3.65. The van der Waals surface area contributed by atoms with E-state index in [9.17, 15) is 32.5 Å². The van der Waals surface area contributed by atoms with E-state index in [0.29, 0.717) is 0 Å². The second-order valence-electron chi connectivity index (χ2n) is 3.85. The number of Topliss-reactive ketones (excluding diaryl/α,β-unsaturated/α-hetero) is 1. The number of hydrogen-bond donors (Lipinski definition) is 0. The van der Waals surface area contributed by atoms with Crippen LogP contribution >= 0.6 is 0 Å². The molecule has 0 atom stereocenters. The molecule has 0 saturated heterocycles. The number of halogens is 4. The number of nitrogens with zero attached hydrogens (tertiary/aromatic N) is 1. The van der Waals surface area contributed by atoms with Crippen LogP contribution in [0.3, 0.4) is 0 Å². The van der Waals surface area contributed by atoms with Crippen LogP contribution in [0.2, 0.25) is 0 Å². The largest absolute Gasteiger partial charge is 0.480 e. The lowest BCUT2D eigenvalue weighted by atomic mass is 10.1. The van der Waals surface area contributed by atoms with Crippen molar-refractivity contribution in [2.45, 2.75) is 19.3 Å². The molecule has 5 nitrogen and oxygen atoms in total. The van der Waals surface area contributed by atoms with Crippen molar-refractivity contribution >= 4 is 11.5 Å². The molecule has 0 fully saturated rings. The summed E-state index contributed by atoms with van der Waals surface area (Å²) in [6.07, 6.45) is -3.95. The minimum atomic E-state index is -4.42. The molecule has 0 saturated carbocycles. The van der Waals surface area contributed by atoms with Gasteiger partial charge in [0, 0.05) is 11.6 Å². The Balaban J connectivity index is 3.01. The van der Waals surface area contributed by atoms with Gasteiger partial charge in [0.2, 0.25) is 0 Å². The van der Waals surface area contributed by atoms with Gasteiger partial charge in [0.25, 0.3) is 0 Å². The van der Waals surface area contributed by atoms with Crippen molar-refractivity contribution in [1.29, 1.82) is 0 Å². The molecule has 1 rings (SSSR count). The average Bonchev–Trinajstić information content (AvgIpc) is 2.35. The van der Waals surface area contributed by atoms with Crippen LogP contribution in [0.25, 0.3) is 0 Å². The molecule has 0 aliphatic rings. The lowest BCUT2D eigenvalue weighted by Gasteiger charge is -2.16. The van der Waals surface area contributed by atoms with Crippen molar-refractivity contribution < 1.29 is 32.0 Å². The summed E-state index contributed by atoms with van der Waals surface area (Å²) in [6.45, 7) is -0.546. The molecule has 0 heterocycles. The highest BCUT2D eigenvalue weighted by molar-refractivity contribution is 5.95. The van der Waals surface area contributed by atoms with Gasteiger partial charge in [0.15, 0.2) is 18.1 Å². The number of carbonyl (C=O) groups is 1. The first kappa shape index (κ1) is 15.9. The quantitative estimate of drug-likeness (QED) is 0.350. The van der Waals surface area contributed by atoms with Crippen LogP contribution in [0, 0.1) is 10.1 Å². The lowest BCUT2D eigenvalue weighted by molar-refractivity contribution is -0.386. The predicted molar refractivity (Wildman–Crippen MR) is 59.5 cm³/mol. The van der Waals surface area contributed by atoms with Crippen LogP contribution in [-0.4, -0.2) is 29.7 Å². The molecule has 9 heteroatoms. The van der Waals surface area contributed by atoms with Gasteiger partial charge in [0.1, 0.15) is 0 Å². The van der Waals surface area contributed by atoms with Crippen LogP contribution in [0.1, 0.15) is 17.3 Å². The number of ketones is 1. The molecule has 0 bridgehead atoms. The molecular weight excluding hydrogens is 286 g/mol. The third-order valence-electron chi connectivity index (χ3n) is 2.30. The lowest BCUT2D eigenvalue weighted by Crippen LogP contribution is -2.33. The maximum absolute atomic E-state index is 12.7. The van der Waals surface area contributed by atoms with Crippen LogP contribution in [0.4, 0.5) is 23.2 Å². The molecule has 1 aromatic rings. The molecule has 0 N–H and O–H groups in total. The molecular formula is C11H9F4NO4. The minimum absolute atomic E-state index is 0.0235. The van der Waals surface area contributed by atoms with E-state index >= 15 is 0 Å². The predicted octanol–water partition coefficient (Wildman–Crippen LogP) is 3.08. The van der Waals surface area contributed by atoms with E-state index < -0.39 is 41.1 Å². The summed E-state index contributed by atoms with van der Waals surface area (Å²) in [5, 5.41) is 10.7. The van der Waals surface area contributed by atoms with Gasteiger partial charge >= 0.3 is 18.0 Å². The van der Waals surface area contributed by atoms with Gasteiger partial charge in [-0.15, -0.1) is 0 Å². The minimum Gasteiger partial charge on any atom is -0.480 e. The molecule has 1 aromatic carbocycles. The molecule has 0 aliphatic heterocycles. The Kier molecular flexibility index (Phi) is 4.64. The summed E-state index contributed by atoms with van der Waals surface area (Å²) >= 11 is 0. The third-order valence-corrected chi connectivity index (χ3v) is 2.30. The van der Waals surface area contributed by atoms with Gasteiger partial charge in [-0.3, -0.25) is 14.9 Å². The second kappa shape index (κ2) is 5.85. The van der Waals surface area contributed by atoms with Crippen molar-refractivity contribution in [3.05, 3.63) is 33.9 Å². The zero-order chi connectivity index (χ0) is 15.5. The number of nitro benzene ring substituents is 1. The van der Waals surface area contributed by atoms with Crippen molar-refractivity contribution in [1.82, 2.24) is 0 Å². The smallest absolute Gasteiger partial charge is 0.340 e. The Morgan fingerprint density at radius 1 is 1.45 bits per heavy atom. The Hall–Kier alpha value is -2.19. The highest BCUT2D eigenvalue weighted by Crippen LogP contribution is 2.31. The van der Waals surface area contributed by atoms with E-state index in [4.69, 9.17) is 0 Å². The topological polar surface area (TPSA) is 69.4 Å². The number of benzene rings is 1. The normalized spacial score (nSPS) is 11.5. The molecule has 20 heavy (non-hydrogen) atoms. The monoisotopic (exact) mass is 295 g/mol. The number of carbonyl (C=O) groups excluding carboxylic acids is 1. The zero-order valence-corrected chi connectivity index (χ0v) is 10.1. The fourth-order valence-corrected chi connectivity index (χ4v) is 1.24. The number of nitro groups is 1. The van der Waals surface area contributed by atoms with E-state index in [1.807, 2.05) is 0 Å². The molecule has 0 aromatic heterocycles. The van der Waals surface area contributed by atoms with Crippen LogP contribution < -0.4 is 4.74 Å². The Morgan fingerprint density at radius 3 is 2.50 bits per heavy atom. The zero-order valence-electron chi connectivity index (χ0n) is 10.1. The number of rotatable bonds is 6. The van der Waals surface area contributed by atoms with E-state index in [2.05, 4.69) is 4.74 Å². The van der Waals surface area contributed by atoms with Gasteiger partial charge in [-0.05, 0) is 19.1 Å². The number of hydrogen-bond acceptors (Lipinski definition) is 4. The number of alkyl halides is 4. The standard InChI is InChI=1S/C11H9F4NO4/c1-6(17)7-2-3-9(8(4-7)16(18)19)20-5-11(14,15)10(12)13/h2-4,10H,5H2,1H3. The van der Waals surface area contributed by atoms with Gasteiger partial charge < -0.3 is 4.74 Å². The summed E-state index contributed by atoms with van der Waals surface area (Å²) in [6, 6.07) is 2.86. The van der Waals surface area contributed by atoms with E-state index in [1.165, 1.54) is 0 Å². The second-order valence-corrected chi connectivity index (χ2v) is 3.85. The van der Waals surface area contributed by atoms with Crippen molar-refractivity contribution in [3.63, 3.8) is 0 Å². The van der Waals surface area contributed by atoms with E-state index in [1.54, 1.807) is 0 Å². The van der Waals surface area contributed by atoms with Gasteiger partial charge in [-0.25, -0.2) is 8.78 Å². The average molecular weight is 295 g/mol. The summed E-state index contributed by atoms with van der Waals surface area (Å²) in [7, 11) is 0. The highest BCUT2D eigenvalue weighted by Gasteiger charge is 2.42. The van der Waals surface area contributed by atoms with E-state index in [-0.39, 0.29) is 5.56 Å². The first-order valence-electron chi connectivity index (χ1n) is 5.23.